The number of rotatable bonds is 2. The molecular formula is C12H13BrClNO3S. The molecule has 1 aromatic carbocycles. The number of aryl methyl sites for hydroxylation is 1. The lowest BCUT2D eigenvalue weighted by Gasteiger charge is -2.16. The van der Waals surface area contributed by atoms with Crippen molar-refractivity contribution in [1.82, 2.24) is 4.90 Å². The molecule has 0 spiro atoms. The second-order valence-corrected chi connectivity index (χ2v) is 7.87. The average Bonchev–Trinajstić information content (AvgIpc) is 2.83. The summed E-state index contributed by atoms with van der Waals surface area (Å²) in [5.41, 5.74) is 1.03. The first-order chi connectivity index (χ1) is 8.80. The van der Waals surface area contributed by atoms with Gasteiger partial charge in [0, 0.05) is 33.8 Å². The quantitative estimate of drug-likeness (QED) is 0.756. The van der Waals surface area contributed by atoms with Gasteiger partial charge in [-0.3, -0.25) is 4.79 Å². The van der Waals surface area contributed by atoms with Gasteiger partial charge in [0.2, 0.25) is 0 Å². The van der Waals surface area contributed by atoms with Crippen LogP contribution in [0.5, 0.6) is 0 Å². The largest absolute Gasteiger partial charge is 0.339 e. The molecule has 104 valence electrons. The summed E-state index contributed by atoms with van der Waals surface area (Å²) < 4.78 is 23.4. The number of likely N-dealkylation sites (tertiary alicyclic amines) is 1. The van der Waals surface area contributed by atoms with Crippen molar-refractivity contribution >= 4 is 41.6 Å². The van der Waals surface area contributed by atoms with Crippen molar-refractivity contribution in [3.63, 3.8) is 0 Å². The molecule has 2 rings (SSSR count). The van der Waals surface area contributed by atoms with Crippen LogP contribution in [0, 0.1) is 6.92 Å². The van der Waals surface area contributed by atoms with Crippen molar-refractivity contribution < 1.29 is 13.2 Å². The van der Waals surface area contributed by atoms with Gasteiger partial charge in [-0.15, -0.1) is 0 Å². The smallest absolute Gasteiger partial charge is 0.262 e. The maximum Gasteiger partial charge on any atom is 0.262 e. The van der Waals surface area contributed by atoms with Crippen LogP contribution in [0.2, 0.25) is 0 Å². The summed E-state index contributed by atoms with van der Waals surface area (Å²) in [6.45, 7) is 3.17. The number of carbonyl (C=O) groups is 1. The molecule has 0 radical (unpaired) electrons. The van der Waals surface area contributed by atoms with Crippen LogP contribution in [-0.4, -0.2) is 32.3 Å². The molecule has 1 heterocycles. The van der Waals surface area contributed by atoms with Crippen molar-refractivity contribution in [3.8, 4) is 0 Å². The molecule has 0 bridgehead atoms. The van der Waals surface area contributed by atoms with Crippen LogP contribution < -0.4 is 0 Å². The summed E-state index contributed by atoms with van der Waals surface area (Å²) in [6.07, 6.45) is 1.98. The first-order valence-corrected chi connectivity index (χ1v) is 8.95. The number of amides is 1. The van der Waals surface area contributed by atoms with Crippen LogP contribution in [-0.2, 0) is 9.05 Å². The summed E-state index contributed by atoms with van der Waals surface area (Å²) in [4.78, 5) is 13.9. The third-order valence-corrected chi connectivity index (χ3v) is 5.79. The summed E-state index contributed by atoms with van der Waals surface area (Å²) in [6, 6.07) is 3.01. The Morgan fingerprint density at radius 1 is 1.32 bits per heavy atom. The number of nitrogens with zero attached hydrogens (tertiary/aromatic N) is 1. The van der Waals surface area contributed by atoms with Gasteiger partial charge < -0.3 is 4.90 Å². The Balaban J connectivity index is 2.48. The van der Waals surface area contributed by atoms with Crippen LogP contribution in [0.15, 0.2) is 21.5 Å². The van der Waals surface area contributed by atoms with E-state index in [2.05, 4.69) is 15.9 Å². The van der Waals surface area contributed by atoms with E-state index in [4.69, 9.17) is 10.7 Å². The normalized spacial score (nSPS) is 15.8. The average molecular weight is 367 g/mol. The fourth-order valence-electron chi connectivity index (χ4n) is 2.14. The zero-order chi connectivity index (χ0) is 14.2. The Labute approximate surface area is 125 Å². The van der Waals surface area contributed by atoms with E-state index in [-0.39, 0.29) is 10.8 Å². The maximum atomic E-state index is 12.3. The topological polar surface area (TPSA) is 54.5 Å². The van der Waals surface area contributed by atoms with Gasteiger partial charge in [0.1, 0.15) is 0 Å². The van der Waals surface area contributed by atoms with Gasteiger partial charge in [-0.2, -0.15) is 0 Å². The molecule has 1 aliphatic rings. The number of hydrogen-bond acceptors (Lipinski definition) is 3. The molecule has 0 N–H and O–H groups in total. The lowest BCUT2D eigenvalue weighted by molar-refractivity contribution is 0.0792. The van der Waals surface area contributed by atoms with Crippen LogP contribution in [0.1, 0.15) is 28.8 Å². The van der Waals surface area contributed by atoms with Crippen LogP contribution in [0.3, 0.4) is 0 Å². The molecule has 0 atom stereocenters. The fraction of sp³-hybridized carbons (Fsp3) is 0.417. The predicted molar refractivity (Wildman–Crippen MR) is 77.1 cm³/mol. The van der Waals surface area contributed by atoms with Crippen molar-refractivity contribution in [2.75, 3.05) is 13.1 Å². The molecule has 0 aromatic heterocycles. The van der Waals surface area contributed by atoms with Crippen LogP contribution in [0.4, 0.5) is 0 Å². The zero-order valence-electron chi connectivity index (χ0n) is 10.3. The van der Waals surface area contributed by atoms with E-state index in [1.165, 1.54) is 6.07 Å². The molecule has 4 nitrogen and oxygen atoms in total. The van der Waals surface area contributed by atoms with Gasteiger partial charge in [0.05, 0.1) is 4.90 Å². The Bertz CT molecular complexity index is 624. The van der Waals surface area contributed by atoms with Crippen molar-refractivity contribution in [1.29, 1.82) is 0 Å². The van der Waals surface area contributed by atoms with E-state index < -0.39 is 9.05 Å². The van der Waals surface area contributed by atoms with Gasteiger partial charge >= 0.3 is 0 Å². The van der Waals surface area contributed by atoms with Crippen LogP contribution in [0.25, 0.3) is 0 Å². The van der Waals surface area contributed by atoms with Gasteiger partial charge in [0.25, 0.3) is 15.0 Å². The third kappa shape index (κ3) is 3.12. The molecule has 1 amide bonds. The monoisotopic (exact) mass is 365 g/mol. The van der Waals surface area contributed by atoms with Gasteiger partial charge in [-0.25, -0.2) is 8.42 Å². The summed E-state index contributed by atoms with van der Waals surface area (Å²) in [7, 11) is 1.51. The standard InChI is InChI=1S/C12H13BrClNO3S/c1-8-6-9(12(16)15-4-2-3-5-15)7-10(11(8)13)19(14,17)18/h6-7H,2-5H2,1H3. The molecule has 1 aromatic rings. The Morgan fingerprint density at radius 3 is 2.42 bits per heavy atom. The molecule has 0 unspecified atom stereocenters. The fourth-order valence-corrected chi connectivity index (χ4v) is 4.30. The maximum absolute atomic E-state index is 12.3. The molecule has 1 aliphatic heterocycles. The molecule has 7 heteroatoms. The van der Waals surface area contributed by atoms with E-state index >= 15 is 0 Å². The van der Waals surface area contributed by atoms with Crippen molar-refractivity contribution in [2.24, 2.45) is 0 Å². The van der Waals surface area contributed by atoms with Gasteiger partial charge in [-0.05, 0) is 53.4 Å². The highest BCUT2D eigenvalue weighted by Crippen LogP contribution is 2.30. The van der Waals surface area contributed by atoms with Gasteiger partial charge in [0.15, 0.2) is 0 Å². The zero-order valence-corrected chi connectivity index (χ0v) is 13.5. The summed E-state index contributed by atoms with van der Waals surface area (Å²) in [5, 5.41) is 0. The lowest BCUT2D eigenvalue weighted by Crippen LogP contribution is -2.27. The minimum absolute atomic E-state index is 0.0586. The van der Waals surface area contributed by atoms with E-state index in [1.807, 2.05) is 0 Å². The SMILES string of the molecule is Cc1cc(C(=O)N2CCCC2)cc(S(=O)(=O)Cl)c1Br. The minimum atomic E-state index is -3.88. The van der Waals surface area contributed by atoms with Crippen molar-refractivity contribution in [3.05, 3.63) is 27.7 Å². The molecule has 1 saturated heterocycles. The Morgan fingerprint density at radius 2 is 1.89 bits per heavy atom. The Kier molecular flexibility index (Phi) is 4.23. The molecule has 0 aliphatic carbocycles. The molecule has 19 heavy (non-hydrogen) atoms. The van der Waals surface area contributed by atoms with Crippen LogP contribution >= 0.6 is 26.6 Å². The highest BCUT2D eigenvalue weighted by molar-refractivity contribution is 9.10. The first-order valence-electron chi connectivity index (χ1n) is 5.85. The van der Waals surface area contributed by atoms with E-state index in [0.29, 0.717) is 15.6 Å². The highest BCUT2D eigenvalue weighted by Gasteiger charge is 2.23. The van der Waals surface area contributed by atoms with Gasteiger partial charge in [-0.1, -0.05) is 0 Å². The highest BCUT2D eigenvalue weighted by atomic mass is 79.9. The first kappa shape index (κ1) is 14.8. The van der Waals surface area contributed by atoms with E-state index in [1.54, 1.807) is 17.9 Å². The molecule has 0 saturated carbocycles. The Hall–Kier alpha value is -0.590. The number of carbonyl (C=O) groups excluding carboxylic acids is 1. The minimum Gasteiger partial charge on any atom is -0.339 e. The predicted octanol–water partition coefficient (Wildman–Crippen LogP) is 2.92. The van der Waals surface area contributed by atoms with E-state index in [9.17, 15) is 13.2 Å². The molecular weight excluding hydrogens is 354 g/mol. The molecule has 1 fully saturated rings. The number of halogens is 2. The van der Waals surface area contributed by atoms with E-state index in [0.717, 1.165) is 25.9 Å². The number of hydrogen-bond donors (Lipinski definition) is 0. The van der Waals surface area contributed by atoms with Crippen molar-refractivity contribution in [2.45, 2.75) is 24.7 Å². The number of benzene rings is 1. The summed E-state index contributed by atoms with van der Waals surface area (Å²) in [5.74, 6) is -0.144. The third-order valence-electron chi connectivity index (χ3n) is 3.12. The second kappa shape index (κ2) is 5.42. The summed E-state index contributed by atoms with van der Waals surface area (Å²) >= 11 is 3.19. The lowest BCUT2D eigenvalue weighted by atomic mass is 10.1. The second-order valence-electron chi connectivity index (χ2n) is 4.54.